The maximum absolute atomic E-state index is 14.0. The SMILES string of the molecule is Cc1c(N2CCc3ncc(Oc4cccc(F)c4F)cc3C2)nn2c(C(F)(F)F)nnc2c1C. The third-order valence-electron chi connectivity index (χ3n) is 5.78. The maximum Gasteiger partial charge on any atom is 0.453 e. The summed E-state index contributed by atoms with van der Waals surface area (Å²) in [6.07, 6.45) is -2.77. The predicted molar refractivity (Wildman–Crippen MR) is 111 cm³/mol. The fourth-order valence-electron chi connectivity index (χ4n) is 3.92. The molecule has 0 fully saturated rings. The van der Waals surface area contributed by atoms with Gasteiger partial charge in [-0.25, -0.2) is 4.39 Å². The Balaban J connectivity index is 1.49. The number of aryl methyl sites for hydroxylation is 1. The first-order chi connectivity index (χ1) is 16.1. The van der Waals surface area contributed by atoms with Crippen LogP contribution in [0.3, 0.4) is 0 Å². The number of rotatable bonds is 3. The Morgan fingerprint density at radius 2 is 1.85 bits per heavy atom. The molecule has 0 unspecified atom stereocenters. The van der Waals surface area contributed by atoms with E-state index < -0.39 is 23.6 Å². The number of ether oxygens (including phenoxy) is 1. The highest BCUT2D eigenvalue weighted by molar-refractivity contribution is 5.60. The Morgan fingerprint density at radius 3 is 2.62 bits per heavy atom. The van der Waals surface area contributed by atoms with E-state index in [2.05, 4.69) is 20.3 Å². The number of aromatic nitrogens is 5. The van der Waals surface area contributed by atoms with Gasteiger partial charge in [-0.3, -0.25) is 4.98 Å². The lowest BCUT2D eigenvalue weighted by Crippen LogP contribution is -2.33. The first-order valence-electron chi connectivity index (χ1n) is 10.3. The fourth-order valence-corrected chi connectivity index (χ4v) is 3.92. The number of hydrogen-bond acceptors (Lipinski definition) is 6. The highest BCUT2D eigenvalue weighted by Crippen LogP contribution is 2.33. The van der Waals surface area contributed by atoms with Crippen molar-refractivity contribution in [3.05, 3.63) is 70.3 Å². The number of halogens is 5. The lowest BCUT2D eigenvalue weighted by atomic mass is 10.0. The number of nitrogens with zero attached hydrogens (tertiary/aromatic N) is 6. The molecule has 4 aromatic rings. The van der Waals surface area contributed by atoms with Gasteiger partial charge in [-0.15, -0.1) is 15.3 Å². The molecule has 7 nitrogen and oxygen atoms in total. The number of pyridine rings is 1. The molecule has 1 aliphatic heterocycles. The highest BCUT2D eigenvalue weighted by atomic mass is 19.4. The van der Waals surface area contributed by atoms with Gasteiger partial charge in [0.1, 0.15) is 5.75 Å². The van der Waals surface area contributed by atoms with Crippen LogP contribution in [-0.4, -0.2) is 31.3 Å². The normalized spacial score (nSPS) is 13.9. The fraction of sp³-hybridized carbons (Fsp3) is 0.273. The molecule has 0 spiro atoms. The lowest BCUT2D eigenvalue weighted by molar-refractivity contribution is -0.146. The summed E-state index contributed by atoms with van der Waals surface area (Å²) in [7, 11) is 0. The van der Waals surface area contributed by atoms with Crippen LogP contribution in [0.1, 0.15) is 28.2 Å². The van der Waals surface area contributed by atoms with Crippen molar-refractivity contribution in [2.45, 2.75) is 33.0 Å². The third kappa shape index (κ3) is 3.68. The predicted octanol–water partition coefficient (Wildman–Crippen LogP) is 4.79. The molecule has 1 aromatic carbocycles. The number of fused-ring (bicyclic) bond motifs is 2. The molecule has 0 atom stereocenters. The number of hydrogen-bond donors (Lipinski definition) is 0. The van der Waals surface area contributed by atoms with Gasteiger partial charge in [0.05, 0.1) is 6.20 Å². The first kappa shape index (κ1) is 22.0. The number of anilines is 1. The first-order valence-corrected chi connectivity index (χ1v) is 10.3. The number of alkyl halides is 3. The van der Waals surface area contributed by atoms with Gasteiger partial charge in [0, 0.05) is 36.3 Å². The molecule has 34 heavy (non-hydrogen) atoms. The van der Waals surface area contributed by atoms with Crippen molar-refractivity contribution in [2.75, 3.05) is 11.4 Å². The van der Waals surface area contributed by atoms with Crippen LogP contribution >= 0.6 is 0 Å². The molecular formula is C22H17F5N6O. The molecular weight excluding hydrogens is 459 g/mol. The number of benzene rings is 1. The van der Waals surface area contributed by atoms with Crippen molar-refractivity contribution in [1.82, 2.24) is 24.8 Å². The van der Waals surface area contributed by atoms with Gasteiger partial charge in [-0.1, -0.05) is 6.07 Å². The van der Waals surface area contributed by atoms with Crippen molar-refractivity contribution in [1.29, 1.82) is 0 Å². The van der Waals surface area contributed by atoms with E-state index in [1.165, 1.54) is 18.3 Å². The molecule has 0 saturated carbocycles. The average Bonchev–Trinajstić information content (AvgIpc) is 3.24. The van der Waals surface area contributed by atoms with Crippen LogP contribution in [0.2, 0.25) is 0 Å². The highest BCUT2D eigenvalue weighted by Gasteiger charge is 2.38. The van der Waals surface area contributed by atoms with Crippen molar-refractivity contribution < 1.29 is 26.7 Å². The molecule has 0 bridgehead atoms. The second-order valence-corrected chi connectivity index (χ2v) is 7.93. The zero-order valence-electron chi connectivity index (χ0n) is 18.0. The van der Waals surface area contributed by atoms with Crippen molar-refractivity contribution in [2.24, 2.45) is 0 Å². The summed E-state index contributed by atoms with van der Waals surface area (Å²) >= 11 is 0. The van der Waals surface area contributed by atoms with Crippen molar-refractivity contribution in [3.63, 3.8) is 0 Å². The summed E-state index contributed by atoms with van der Waals surface area (Å²) in [6.45, 7) is 4.19. The molecule has 0 radical (unpaired) electrons. The molecule has 3 aromatic heterocycles. The van der Waals surface area contributed by atoms with E-state index in [9.17, 15) is 22.0 Å². The largest absolute Gasteiger partial charge is 0.453 e. The Labute approximate surface area is 189 Å². The van der Waals surface area contributed by atoms with Crippen LogP contribution in [0.25, 0.3) is 5.65 Å². The van der Waals surface area contributed by atoms with Gasteiger partial charge in [0.2, 0.25) is 5.82 Å². The van der Waals surface area contributed by atoms with E-state index in [1.54, 1.807) is 19.9 Å². The molecule has 0 saturated heterocycles. The van der Waals surface area contributed by atoms with E-state index in [0.717, 1.165) is 21.8 Å². The van der Waals surface area contributed by atoms with Gasteiger partial charge in [-0.05, 0) is 37.6 Å². The van der Waals surface area contributed by atoms with Gasteiger partial charge in [-0.2, -0.15) is 22.1 Å². The van der Waals surface area contributed by atoms with E-state index >= 15 is 0 Å². The zero-order valence-corrected chi connectivity index (χ0v) is 18.0. The molecule has 0 N–H and O–H groups in total. The van der Waals surface area contributed by atoms with Crippen LogP contribution in [0.15, 0.2) is 30.5 Å². The maximum atomic E-state index is 14.0. The summed E-state index contributed by atoms with van der Waals surface area (Å²) in [4.78, 5) is 6.19. The van der Waals surface area contributed by atoms with Crippen LogP contribution in [-0.2, 0) is 19.1 Å². The van der Waals surface area contributed by atoms with Crippen LogP contribution in [0.5, 0.6) is 11.5 Å². The van der Waals surface area contributed by atoms with Gasteiger partial charge in [0.25, 0.3) is 5.82 Å². The summed E-state index contributed by atoms with van der Waals surface area (Å²) in [5.41, 5.74) is 2.77. The summed E-state index contributed by atoms with van der Waals surface area (Å²) in [5, 5.41) is 11.2. The van der Waals surface area contributed by atoms with Crippen LogP contribution < -0.4 is 9.64 Å². The van der Waals surface area contributed by atoms with E-state index in [-0.39, 0.29) is 23.7 Å². The molecule has 176 valence electrons. The lowest BCUT2D eigenvalue weighted by Gasteiger charge is -2.30. The van der Waals surface area contributed by atoms with Crippen molar-refractivity contribution in [3.8, 4) is 11.5 Å². The van der Waals surface area contributed by atoms with Crippen molar-refractivity contribution >= 4 is 11.5 Å². The standard InChI is InChI=1S/C22H17F5N6O/c1-11-12(2)20(31-33-19(11)29-30-21(33)22(25,26)27)32-7-6-16-13(10-32)8-14(9-28-16)34-17-5-3-4-15(23)18(17)24/h3-5,8-9H,6-7,10H2,1-2H3. The minimum absolute atomic E-state index is 0.0421. The Bertz CT molecular complexity index is 1420. The average molecular weight is 476 g/mol. The molecule has 12 heteroatoms. The second-order valence-electron chi connectivity index (χ2n) is 7.93. The molecule has 4 heterocycles. The zero-order chi connectivity index (χ0) is 24.2. The van der Waals surface area contributed by atoms with Gasteiger partial charge in [0.15, 0.2) is 23.0 Å². The summed E-state index contributed by atoms with van der Waals surface area (Å²) in [6, 6.07) is 5.26. The van der Waals surface area contributed by atoms with E-state index in [4.69, 9.17) is 4.74 Å². The van der Waals surface area contributed by atoms with Crippen LogP contribution in [0, 0.1) is 25.5 Å². The molecule has 0 amide bonds. The minimum atomic E-state index is -4.71. The Kier molecular flexibility index (Phi) is 5.10. The Morgan fingerprint density at radius 1 is 1.06 bits per heavy atom. The van der Waals surface area contributed by atoms with Gasteiger partial charge >= 0.3 is 6.18 Å². The minimum Gasteiger partial charge on any atom is -0.453 e. The van der Waals surface area contributed by atoms with E-state index in [1.807, 2.05) is 4.90 Å². The quantitative estimate of drug-likeness (QED) is 0.396. The summed E-state index contributed by atoms with van der Waals surface area (Å²) < 4.78 is 73.8. The molecule has 5 rings (SSSR count). The van der Waals surface area contributed by atoms with Crippen LogP contribution in [0.4, 0.5) is 27.8 Å². The monoisotopic (exact) mass is 476 g/mol. The van der Waals surface area contributed by atoms with Gasteiger partial charge < -0.3 is 9.64 Å². The summed E-state index contributed by atoms with van der Waals surface area (Å²) in [5.74, 6) is -3.05. The second kappa shape index (κ2) is 7.89. The Hall–Kier alpha value is -3.83. The van der Waals surface area contributed by atoms with E-state index in [0.29, 0.717) is 29.9 Å². The topological polar surface area (TPSA) is 68.4 Å². The molecule has 0 aliphatic carbocycles. The smallest absolute Gasteiger partial charge is 0.453 e. The molecule has 1 aliphatic rings. The third-order valence-corrected chi connectivity index (χ3v) is 5.78.